The third-order valence-electron chi connectivity index (χ3n) is 2.70. The van der Waals surface area contributed by atoms with E-state index >= 15 is 0 Å². The Bertz CT molecular complexity index is 325. The van der Waals surface area contributed by atoms with Gasteiger partial charge in [-0.1, -0.05) is 16.7 Å². The first kappa shape index (κ1) is 13.4. The smallest absolute Gasteiger partial charge is 0.319 e. The quantitative estimate of drug-likeness (QED) is 0.559. The molecule has 0 bridgehead atoms. The molecule has 0 saturated carbocycles. The fourth-order valence-electron chi connectivity index (χ4n) is 1.39. The van der Waals surface area contributed by atoms with Crippen LogP contribution in [0.15, 0.2) is 22.8 Å². The molecule has 0 amide bonds. The average Bonchev–Trinajstić information content (AvgIpc) is 2.21. The van der Waals surface area contributed by atoms with E-state index in [4.69, 9.17) is 4.74 Å². The van der Waals surface area contributed by atoms with E-state index in [9.17, 15) is 4.79 Å². The van der Waals surface area contributed by atoms with Crippen molar-refractivity contribution in [3.63, 3.8) is 0 Å². The Morgan fingerprint density at radius 1 is 1.44 bits per heavy atom. The molecule has 0 fully saturated rings. The van der Waals surface area contributed by atoms with Crippen molar-refractivity contribution in [1.82, 2.24) is 0 Å². The molecular formula is C13H20O2S. The summed E-state index contributed by atoms with van der Waals surface area (Å²) in [6.45, 7) is 8.64. The number of allylic oxidation sites excluding steroid dienone is 2. The summed E-state index contributed by atoms with van der Waals surface area (Å²) in [4.78, 5) is 11.7. The number of hydrogen-bond acceptors (Lipinski definition) is 3. The van der Waals surface area contributed by atoms with Crippen molar-refractivity contribution in [3.8, 4) is 0 Å². The van der Waals surface area contributed by atoms with E-state index in [1.54, 1.807) is 11.8 Å². The van der Waals surface area contributed by atoms with Gasteiger partial charge in [-0.2, -0.15) is 0 Å². The maximum atomic E-state index is 11.7. The summed E-state index contributed by atoms with van der Waals surface area (Å²) in [6, 6.07) is 0. The normalized spacial score (nSPS) is 20.6. The Hall–Kier alpha value is -0.700. The molecule has 16 heavy (non-hydrogen) atoms. The molecule has 1 aliphatic heterocycles. The van der Waals surface area contributed by atoms with Crippen molar-refractivity contribution in [2.45, 2.75) is 39.4 Å². The Labute approximate surface area is 102 Å². The summed E-state index contributed by atoms with van der Waals surface area (Å²) in [6.07, 6.45) is 2.77. The SMILES string of the molecule is CC(C)=CCOC(=O)C1CC(C)=C(C)CS1. The third-order valence-corrected chi connectivity index (χ3v) is 4.06. The average molecular weight is 240 g/mol. The van der Waals surface area contributed by atoms with Crippen LogP contribution in [0.4, 0.5) is 0 Å². The maximum Gasteiger partial charge on any atom is 0.319 e. The predicted octanol–water partition coefficient (Wildman–Crippen LogP) is 3.34. The molecule has 0 saturated heterocycles. The highest BCUT2D eigenvalue weighted by Gasteiger charge is 2.24. The van der Waals surface area contributed by atoms with Gasteiger partial charge in [0.25, 0.3) is 0 Å². The molecule has 90 valence electrons. The topological polar surface area (TPSA) is 26.3 Å². The van der Waals surface area contributed by atoms with Gasteiger partial charge < -0.3 is 4.74 Å². The van der Waals surface area contributed by atoms with E-state index in [1.807, 2.05) is 19.9 Å². The van der Waals surface area contributed by atoms with Crippen LogP contribution in [0.25, 0.3) is 0 Å². The van der Waals surface area contributed by atoms with Crippen molar-refractivity contribution in [3.05, 3.63) is 22.8 Å². The van der Waals surface area contributed by atoms with E-state index in [1.165, 1.54) is 16.7 Å². The monoisotopic (exact) mass is 240 g/mol. The summed E-state index contributed by atoms with van der Waals surface area (Å²) in [7, 11) is 0. The van der Waals surface area contributed by atoms with Crippen molar-refractivity contribution in [2.75, 3.05) is 12.4 Å². The van der Waals surface area contributed by atoms with Crippen LogP contribution in [0.1, 0.15) is 34.1 Å². The molecule has 1 unspecified atom stereocenters. The van der Waals surface area contributed by atoms with Crippen molar-refractivity contribution in [1.29, 1.82) is 0 Å². The molecule has 0 N–H and O–H groups in total. The largest absolute Gasteiger partial charge is 0.461 e. The number of ether oxygens (including phenoxy) is 1. The second kappa shape index (κ2) is 6.14. The van der Waals surface area contributed by atoms with Crippen molar-refractivity contribution < 1.29 is 9.53 Å². The molecular weight excluding hydrogens is 220 g/mol. The zero-order chi connectivity index (χ0) is 12.1. The van der Waals surface area contributed by atoms with E-state index in [2.05, 4.69) is 13.8 Å². The molecule has 0 spiro atoms. The molecule has 1 rings (SSSR count). The molecule has 0 aromatic rings. The van der Waals surface area contributed by atoms with Crippen molar-refractivity contribution >= 4 is 17.7 Å². The highest BCUT2D eigenvalue weighted by Crippen LogP contribution is 2.30. The first-order valence-corrected chi connectivity index (χ1v) is 6.62. The lowest BCUT2D eigenvalue weighted by atomic mass is 10.1. The molecule has 1 aliphatic rings. The first-order chi connectivity index (χ1) is 7.50. The van der Waals surface area contributed by atoms with Gasteiger partial charge in [-0.25, -0.2) is 0 Å². The van der Waals surface area contributed by atoms with Gasteiger partial charge in [0.1, 0.15) is 11.9 Å². The van der Waals surface area contributed by atoms with Crippen LogP contribution in [0.5, 0.6) is 0 Å². The standard InChI is InChI=1S/C13H20O2S/c1-9(2)5-6-15-13(14)12-7-10(3)11(4)8-16-12/h5,12H,6-8H2,1-4H3. The minimum Gasteiger partial charge on any atom is -0.461 e. The van der Waals surface area contributed by atoms with Gasteiger partial charge in [0, 0.05) is 5.75 Å². The van der Waals surface area contributed by atoms with Crippen LogP contribution in [-0.4, -0.2) is 23.6 Å². The fourth-order valence-corrected chi connectivity index (χ4v) is 2.66. The zero-order valence-corrected chi connectivity index (χ0v) is 11.3. The van der Waals surface area contributed by atoms with Crippen LogP contribution in [0, 0.1) is 0 Å². The molecule has 2 nitrogen and oxygen atoms in total. The minimum atomic E-state index is -0.0747. The van der Waals surface area contributed by atoms with E-state index in [0.717, 1.165) is 12.2 Å². The number of carbonyl (C=O) groups is 1. The highest BCUT2D eigenvalue weighted by atomic mass is 32.2. The lowest BCUT2D eigenvalue weighted by Crippen LogP contribution is -2.24. The first-order valence-electron chi connectivity index (χ1n) is 5.57. The molecule has 1 atom stereocenters. The maximum absolute atomic E-state index is 11.7. The van der Waals surface area contributed by atoms with Crippen LogP contribution in [0.2, 0.25) is 0 Å². The lowest BCUT2D eigenvalue weighted by molar-refractivity contribution is -0.141. The Morgan fingerprint density at radius 3 is 2.69 bits per heavy atom. The van der Waals surface area contributed by atoms with Crippen LogP contribution >= 0.6 is 11.8 Å². The minimum absolute atomic E-state index is 0.00531. The summed E-state index contributed by atoms with van der Waals surface area (Å²) < 4.78 is 5.22. The van der Waals surface area contributed by atoms with E-state index in [0.29, 0.717) is 6.61 Å². The Morgan fingerprint density at radius 2 is 2.12 bits per heavy atom. The Kier molecular flexibility index (Phi) is 5.13. The van der Waals surface area contributed by atoms with Gasteiger partial charge in [-0.15, -0.1) is 11.8 Å². The number of carbonyl (C=O) groups excluding carboxylic acids is 1. The molecule has 0 aliphatic carbocycles. The number of esters is 1. The lowest BCUT2D eigenvalue weighted by Gasteiger charge is -2.22. The van der Waals surface area contributed by atoms with Gasteiger partial charge >= 0.3 is 5.97 Å². The summed E-state index contributed by atoms with van der Waals surface area (Å²) >= 11 is 1.69. The van der Waals surface area contributed by atoms with E-state index < -0.39 is 0 Å². The molecule has 1 heterocycles. The van der Waals surface area contributed by atoms with Gasteiger partial charge in [0.15, 0.2) is 0 Å². The molecule has 3 heteroatoms. The Balaban J connectivity index is 2.42. The van der Waals surface area contributed by atoms with Crippen molar-refractivity contribution in [2.24, 2.45) is 0 Å². The van der Waals surface area contributed by atoms with Gasteiger partial charge in [0.05, 0.1) is 0 Å². The highest BCUT2D eigenvalue weighted by molar-refractivity contribution is 8.00. The fraction of sp³-hybridized carbons (Fsp3) is 0.615. The molecule has 0 aromatic heterocycles. The predicted molar refractivity (Wildman–Crippen MR) is 69.6 cm³/mol. The van der Waals surface area contributed by atoms with E-state index in [-0.39, 0.29) is 11.2 Å². The van der Waals surface area contributed by atoms with Crippen LogP contribution < -0.4 is 0 Å². The van der Waals surface area contributed by atoms with Crippen LogP contribution in [0.3, 0.4) is 0 Å². The second-order valence-corrected chi connectivity index (χ2v) is 5.67. The molecule has 0 aromatic carbocycles. The summed E-state index contributed by atoms with van der Waals surface area (Å²) in [5.41, 5.74) is 3.91. The van der Waals surface area contributed by atoms with Crippen LogP contribution in [-0.2, 0) is 9.53 Å². The van der Waals surface area contributed by atoms with Gasteiger partial charge in [0.2, 0.25) is 0 Å². The number of rotatable bonds is 3. The second-order valence-electron chi connectivity index (χ2n) is 4.48. The van der Waals surface area contributed by atoms with Gasteiger partial charge in [-0.05, 0) is 40.2 Å². The zero-order valence-electron chi connectivity index (χ0n) is 10.5. The summed E-state index contributed by atoms with van der Waals surface area (Å²) in [5, 5.41) is -0.00531. The molecule has 0 radical (unpaired) electrons. The van der Waals surface area contributed by atoms with Gasteiger partial charge in [-0.3, -0.25) is 4.79 Å². The number of thioether (sulfide) groups is 1. The summed E-state index contributed by atoms with van der Waals surface area (Å²) in [5.74, 6) is 0.878. The number of hydrogen-bond donors (Lipinski definition) is 0. The third kappa shape index (κ3) is 4.05.